The van der Waals surface area contributed by atoms with Crippen molar-refractivity contribution in [3.63, 3.8) is 0 Å². The number of nitrogens with one attached hydrogen (secondary N) is 2. The first-order valence-electron chi connectivity index (χ1n) is 14.2. The molecule has 7 heteroatoms. The number of alkyl carbamates (subject to hydrolysis) is 1. The summed E-state index contributed by atoms with van der Waals surface area (Å²) in [5.74, 6) is -0.716. The number of amides is 3. The molecular formula is C31H53N3O4. The predicted octanol–water partition coefficient (Wildman–Crippen LogP) is 6.61. The first kappa shape index (κ1) is 33.5. The maximum absolute atomic E-state index is 14.3. The smallest absolute Gasteiger partial charge is 0.408 e. The van der Waals surface area contributed by atoms with Gasteiger partial charge in [0.15, 0.2) is 0 Å². The Morgan fingerprint density at radius 1 is 0.947 bits per heavy atom. The third-order valence-electron chi connectivity index (χ3n) is 6.39. The highest BCUT2D eigenvalue weighted by Crippen LogP contribution is 2.29. The van der Waals surface area contributed by atoms with Gasteiger partial charge in [0.1, 0.15) is 17.7 Å². The third kappa shape index (κ3) is 11.0. The normalized spacial score (nSPS) is 13.6. The molecule has 0 aliphatic heterocycles. The van der Waals surface area contributed by atoms with Crippen molar-refractivity contribution in [1.82, 2.24) is 15.5 Å². The Balaban J connectivity index is 3.57. The van der Waals surface area contributed by atoms with Gasteiger partial charge in [0.2, 0.25) is 11.8 Å². The average Bonchev–Trinajstić information content (AvgIpc) is 2.76. The number of nitrogens with zero attached hydrogens (tertiary/aromatic N) is 1. The number of hydrogen-bond donors (Lipinski definition) is 2. The first-order valence-corrected chi connectivity index (χ1v) is 14.2. The molecule has 0 radical (unpaired) electrons. The number of carbonyl (C=O) groups is 3. The molecule has 0 aliphatic rings. The molecule has 2 atom stereocenters. The van der Waals surface area contributed by atoms with Gasteiger partial charge < -0.3 is 20.3 Å². The molecule has 3 amide bonds. The largest absolute Gasteiger partial charge is 0.444 e. The molecule has 2 N–H and O–H groups in total. The van der Waals surface area contributed by atoms with Gasteiger partial charge in [-0.25, -0.2) is 4.79 Å². The van der Waals surface area contributed by atoms with Crippen molar-refractivity contribution >= 4 is 17.9 Å². The van der Waals surface area contributed by atoms with Crippen LogP contribution in [0.15, 0.2) is 18.2 Å². The monoisotopic (exact) mass is 531 g/mol. The predicted molar refractivity (Wildman–Crippen MR) is 155 cm³/mol. The number of rotatable bonds is 12. The van der Waals surface area contributed by atoms with Crippen LogP contribution in [0.3, 0.4) is 0 Å². The Morgan fingerprint density at radius 3 is 2.08 bits per heavy atom. The molecule has 1 aromatic rings. The minimum atomic E-state index is -0.837. The molecule has 0 heterocycles. The topological polar surface area (TPSA) is 87.7 Å². The Hall–Kier alpha value is -2.57. The Kier molecular flexibility index (Phi) is 12.8. The molecule has 7 nitrogen and oxygen atoms in total. The third-order valence-corrected chi connectivity index (χ3v) is 6.39. The zero-order valence-electron chi connectivity index (χ0n) is 25.8. The number of hydrogen-bond acceptors (Lipinski definition) is 4. The molecule has 1 rings (SSSR count). The molecule has 2 unspecified atom stereocenters. The fourth-order valence-corrected chi connectivity index (χ4v) is 4.34. The fourth-order valence-electron chi connectivity index (χ4n) is 4.34. The van der Waals surface area contributed by atoms with E-state index in [1.165, 1.54) is 0 Å². The second-order valence-corrected chi connectivity index (χ2v) is 12.7. The van der Waals surface area contributed by atoms with E-state index in [1.807, 2.05) is 66.7 Å². The molecule has 0 saturated carbocycles. The van der Waals surface area contributed by atoms with E-state index in [0.717, 1.165) is 48.8 Å². The van der Waals surface area contributed by atoms with Crippen LogP contribution >= 0.6 is 0 Å². The second-order valence-electron chi connectivity index (χ2n) is 12.7. The number of carbonyl (C=O) groups excluding carboxylic acids is 3. The van der Waals surface area contributed by atoms with Gasteiger partial charge in [0.05, 0.1) is 0 Å². The SMILES string of the molecule is CCCCCCCN(C(=O)C(NC(=O)OC(C)(C)C)C(C)C)C(C(=O)NC(C)(C)C)c1cccc(C)c1C. The van der Waals surface area contributed by atoms with E-state index in [4.69, 9.17) is 4.74 Å². The van der Waals surface area contributed by atoms with E-state index in [0.29, 0.717) is 6.54 Å². The minimum absolute atomic E-state index is 0.206. The lowest BCUT2D eigenvalue weighted by Gasteiger charge is -2.37. The second kappa shape index (κ2) is 14.5. The number of unbranched alkanes of at least 4 members (excludes halogenated alkanes) is 4. The zero-order valence-corrected chi connectivity index (χ0v) is 25.8. The van der Waals surface area contributed by atoms with Crippen LogP contribution in [0, 0.1) is 19.8 Å². The quantitative estimate of drug-likeness (QED) is 0.297. The van der Waals surface area contributed by atoms with Gasteiger partial charge in [-0.15, -0.1) is 0 Å². The molecule has 216 valence electrons. The van der Waals surface area contributed by atoms with Crippen LogP contribution in [0.4, 0.5) is 4.79 Å². The summed E-state index contributed by atoms with van der Waals surface area (Å²) >= 11 is 0. The number of benzene rings is 1. The summed E-state index contributed by atoms with van der Waals surface area (Å²) in [6.45, 7) is 21.5. The summed E-state index contributed by atoms with van der Waals surface area (Å²) in [4.78, 5) is 42.5. The number of ether oxygens (including phenoxy) is 1. The van der Waals surface area contributed by atoms with E-state index in [9.17, 15) is 14.4 Å². The van der Waals surface area contributed by atoms with Gasteiger partial charge in [0, 0.05) is 12.1 Å². The summed E-state index contributed by atoms with van der Waals surface area (Å²) in [6.07, 6.45) is 4.42. The van der Waals surface area contributed by atoms with Crippen LogP contribution in [-0.2, 0) is 14.3 Å². The minimum Gasteiger partial charge on any atom is -0.444 e. The molecule has 0 spiro atoms. The van der Waals surface area contributed by atoms with Crippen molar-refractivity contribution in [2.45, 2.75) is 131 Å². The van der Waals surface area contributed by atoms with Crippen molar-refractivity contribution in [3.8, 4) is 0 Å². The Labute approximate surface area is 231 Å². The molecule has 0 fully saturated rings. The highest BCUT2D eigenvalue weighted by molar-refractivity contribution is 5.92. The molecule has 0 saturated heterocycles. The van der Waals surface area contributed by atoms with E-state index < -0.39 is 29.3 Å². The van der Waals surface area contributed by atoms with Crippen molar-refractivity contribution < 1.29 is 19.1 Å². The summed E-state index contributed by atoms with van der Waals surface area (Å²) in [5.41, 5.74) is 1.66. The van der Waals surface area contributed by atoms with Crippen LogP contribution < -0.4 is 10.6 Å². The van der Waals surface area contributed by atoms with Gasteiger partial charge in [-0.2, -0.15) is 0 Å². The summed E-state index contributed by atoms with van der Waals surface area (Å²) < 4.78 is 5.47. The summed E-state index contributed by atoms with van der Waals surface area (Å²) in [6, 6.07) is 4.20. The molecule has 38 heavy (non-hydrogen) atoms. The van der Waals surface area contributed by atoms with Gasteiger partial charge in [0.25, 0.3) is 0 Å². The van der Waals surface area contributed by atoms with Crippen LogP contribution in [0.1, 0.15) is 117 Å². The van der Waals surface area contributed by atoms with Gasteiger partial charge in [-0.05, 0) is 84.4 Å². The summed E-state index contributed by atoms with van der Waals surface area (Å²) in [7, 11) is 0. The van der Waals surface area contributed by atoms with Gasteiger partial charge in [-0.1, -0.05) is 64.7 Å². The molecule has 1 aromatic carbocycles. The van der Waals surface area contributed by atoms with E-state index in [2.05, 4.69) is 17.6 Å². The molecule has 0 bridgehead atoms. The summed E-state index contributed by atoms with van der Waals surface area (Å²) in [5, 5.41) is 5.91. The van der Waals surface area contributed by atoms with Crippen LogP contribution in [0.2, 0.25) is 0 Å². The van der Waals surface area contributed by atoms with Crippen molar-refractivity contribution in [2.24, 2.45) is 5.92 Å². The molecule has 0 aliphatic carbocycles. The first-order chi connectivity index (χ1) is 17.5. The maximum atomic E-state index is 14.3. The molecular weight excluding hydrogens is 478 g/mol. The van der Waals surface area contributed by atoms with E-state index >= 15 is 0 Å². The van der Waals surface area contributed by atoms with E-state index in [-0.39, 0.29) is 17.7 Å². The van der Waals surface area contributed by atoms with Crippen LogP contribution in [-0.4, -0.2) is 46.5 Å². The van der Waals surface area contributed by atoms with Crippen molar-refractivity contribution in [2.75, 3.05) is 6.54 Å². The number of aryl methyl sites for hydroxylation is 1. The zero-order chi connectivity index (χ0) is 29.3. The standard InChI is InChI=1S/C31H53N3O4/c1-12-13-14-15-16-20-34(28(36)25(21(2)3)32-29(37)38-31(9,10)11)26(27(35)33-30(6,7)8)24-19-17-18-22(4)23(24)5/h17-19,21,25-26H,12-16,20H2,1-11H3,(H,32,37)(H,33,35). The van der Waals surface area contributed by atoms with Crippen molar-refractivity contribution in [1.29, 1.82) is 0 Å². The lowest BCUT2D eigenvalue weighted by Crippen LogP contribution is -2.56. The fraction of sp³-hybridized carbons (Fsp3) is 0.710. The maximum Gasteiger partial charge on any atom is 0.408 e. The Morgan fingerprint density at radius 2 is 1.55 bits per heavy atom. The van der Waals surface area contributed by atoms with Gasteiger partial charge >= 0.3 is 6.09 Å². The molecule has 0 aromatic heterocycles. The van der Waals surface area contributed by atoms with Crippen LogP contribution in [0.25, 0.3) is 0 Å². The average molecular weight is 532 g/mol. The van der Waals surface area contributed by atoms with Gasteiger partial charge in [-0.3, -0.25) is 9.59 Å². The lowest BCUT2D eigenvalue weighted by atomic mass is 9.93. The highest BCUT2D eigenvalue weighted by atomic mass is 16.6. The Bertz CT molecular complexity index is 928. The highest BCUT2D eigenvalue weighted by Gasteiger charge is 2.38. The van der Waals surface area contributed by atoms with Crippen molar-refractivity contribution in [3.05, 3.63) is 34.9 Å². The van der Waals surface area contributed by atoms with Crippen LogP contribution in [0.5, 0.6) is 0 Å². The van der Waals surface area contributed by atoms with E-state index in [1.54, 1.807) is 25.7 Å². The lowest BCUT2D eigenvalue weighted by molar-refractivity contribution is -0.144.